The second-order valence-corrected chi connectivity index (χ2v) is 3.61. The molecule has 1 N–H and O–H groups in total. The minimum atomic E-state index is 0.144. The van der Waals surface area contributed by atoms with E-state index in [1.54, 1.807) is 6.07 Å². The van der Waals surface area contributed by atoms with E-state index in [0.717, 1.165) is 18.3 Å². The number of hydrogen-bond donors (Lipinski definition) is 1. The number of carbonyl (C=O) groups excluding carboxylic acids is 1. The number of hydrogen-bond acceptors (Lipinski definition) is 4. The average molecular weight is 222 g/mol. The summed E-state index contributed by atoms with van der Waals surface area (Å²) in [5.41, 5.74) is 1.50. The topological polar surface area (TPSA) is 55.8 Å². The molecule has 0 fully saturated rings. The van der Waals surface area contributed by atoms with Crippen molar-refractivity contribution in [1.82, 2.24) is 0 Å². The summed E-state index contributed by atoms with van der Waals surface area (Å²) in [6.07, 6.45) is 2.17. The molecule has 0 saturated heterocycles. The first kappa shape index (κ1) is 11.0. The Balaban J connectivity index is 2.36. The summed E-state index contributed by atoms with van der Waals surface area (Å²) in [5, 5.41) is 8.80. The quantitative estimate of drug-likeness (QED) is 0.777. The van der Waals surface area contributed by atoms with Gasteiger partial charge >= 0.3 is 0 Å². The van der Waals surface area contributed by atoms with Gasteiger partial charge < -0.3 is 14.6 Å². The van der Waals surface area contributed by atoms with Gasteiger partial charge in [-0.15, -0.1) is 0 Å². The molecule has 1 heterocycles. The first-order chi connectivity index (χ1) is 7.86. The lowest BCUT2D eigenvalue weighted by Crippen LogP contribution is -2.18. The number of fused-ring (bicyclic) bond motifs is 1. The molecule has 0 radical (unpaired) electrons. The molecule has 1 aromatic carbocycles. The van der Waals surface area contributed by atoms with Gasteiger partial charge in [0.25, 0.3) is 0 Å². The lowest BCUT2D eigenvalue weighted by Gasteiger charge is -2.22. The summed E-state index contributed by atoms with van der Waals surface area (Å²) in [7, 11) is 0. The molecule has 0 saturated carbocycles. The van der Waals surface area contributed by atoms with Crippen molar-refractivity contribution >= 4 is 6.29 Å². The molecule has 0 atom stereocenters. The number of aryl methyl sites for hydroxylation is 1. The Hall–Kier alpha value is -1.55. The Bertz CT molecular complexity index is 387. The highest BCUT2D eigenvalue weighted by atomic mass is 16.6. The van der Waals surface area contributed by atoms with Crippen LogP contribution in [-0.2, 0) is 6.42 Å². The van der Waals surface area contributed by atoms with E-state index in [-0.39, 0.29) is 6.61 Å². The fourth-order valence-corrected chi connectivity index (χ4v) is 1.77. The molecule has 1 aliphatic rings. The van der Waals surface area contributed by atoms with Crippen LogP contribution in [-0.4, -0.2) is 31.2 Å². The molecule has 4 heteroatoms. The Labute approximate surface area is 93.8 Å². The van der Waals surface area contributed by atoms with Crippen LogP contribution >= 0.6 is 0 Å². The van der Waals surface area contributed by atoms with Crippen LogP contribution in [0.15, 0.2) is 12.1 Å². The smallest absolute Gasteiger partial charge is 0.172 e. The predicted octanol–water partition coefficient (Wildman–Crippen LogP) is 1.20. The molecule has 0 bridgehead atoms. The Morgan fingerprint density at radius 1 is 1.25 bits per heavy atom. The van der Waals surface area contributed by atoms with Crippen molar-refractivity contribution in [1.29, 1.82) is 0 Å². The van der Waals surface area contributed by atoms with Crippen molar-refractivity contribution in [2.45, 2.75) is 12.8 Å². The van der Waals surface area contributed by atoms with Gasteiger partial charge in [0.2, 0.25) is 0 Å². The Morgan fingerprint density at radius 3 is 2.69 bits per heavy atom. The molecular formula is C12H14O4. The van der Waals surface area contributed by atoms with Gasteiger partial charge in [-0.3, -0.25) is 4.79 Å². The molecule has 0 aromatic heterocycles. The second kappa shape index (κ2) is 4.99. The SMILES string of the molecule is O=Cc1ccc(CCCO)c2c1OCCO2. The summed E-state index contributed by atoms with van der Waals surface area (Å²) in [4.78, 5) is 10.8. The fourth-order valence-electron chi connectivity index (χ4n) is 1.77. The molecule has 0 spiro atoms. The van der Waals surface area contributed by atoms with Gasteiger partial charge in [-0.2, -0.15) is 0 Å². The van der Waals surface area contributed by atoms with E-state index in [0.29, 0.717) is 36.7 Å². The zero-order chi connectivity index (χ0) is 11.4. The second-order valence-electron chi connectivity index (χ2n) is 3.61. The molecule has 16 heavy (non-hydrogen) atoms. The summed E-state index contributed by atoms with van der Waals surface area (Å²) >= 11 is 0. The maximum Gasteiger partial charge on any atom is 0.172 e. The number of aliphatic hydroxyl groups excluding tert-OH is 1. The molecule has 0 unspecified atom stereocenters. The van der Waals surface area contributed by atoms with Crippen LogP contribution in [0.4, 0.5) is 0 Å². The highest BCUT2D eigenvalue weighted by Crippen LogP contribution is 2.37. The summed E-state index contributed by atoms with van der Waals surface area (Å²) in [6, 6.07) is 3.58. The van der Waals surface area contributed by atoms with Crippen LogP contribution in [0.2, 0.25) is 0 Å². The molecule has 4 nitrogen and oxygen atoms in total. The zero-order valence-corrected chi connectivity index (χ0v) is 8.94. The van der Waals surface area contributed by atoms with Crippen LogP contribution in [0.1, 0.15) is 22.3 Å². The predicted molar refractivity (Wildman–Crippen MR) is 58.2 cm³/mol. The number of benzene rings is 1. The third kappa shape index (κ3) is 2.02. The number of aliphatic hydroxyl groups is 1. The van der Waals surface area contributed by atoms with Gasteiger partial charge in [0.1, 0.15) is 13.2 Å². The first-order valence-electron chi connectivity index (χ1n) is 5.34. The first-order valence-corrected chi connectivity index (χ1v) is 5.34. The van der Waals surface area contributed by atoms with Gasteiger partial charge in [0, 0.05) is 6.61 Å². The Kier molecular flexibility index (Phi) is 3.41. The number of rotatable bonds is 4. The van der Waals surface area contributed by atoms with Crippen molar-refractivity contribution in [3.05, 3.63) is 23.3 Å². The van der Waals surface area contributed by atoms with Gasteiger partial charge in [-0.25, -0.2) is 0 Å². The Morgan fingerprint density at radius 2 is 2.00 bits per heavy atom. The maximum atomic E-state index is 10.8. The van der Waals surface area contributed by atoms with E-state index in [2.05, 4.69) is 0 Å². The van der Waals surface area contributed by atoms with Crippen molar-refractivity contribution in [2.75, 3.05) is 19.8 Å². The zero-order valence-electron chi connectivity index (χ0n) is 8.94. The van der Waals surface area contributed by atoms with Gasteiger partial charge in [0.15, 0.2) is 17.8 Å². The molecule has 0 aliphatic carbocycles. The van der Waals surface area contributed by atoms with Gasteiger partial charge in [0.05, 0.1) is 5.56 Å². The van der Waals surface area contributed by atoms with E-state index >= 15 is 0 Å². The van der Waals surface area contributed by atoms with E-state index in [1.807, 2.05) is 6.07 Å². The third-order valence-electron chi connectivity index (χ3n) is 2.53. The molecule has 86 valence electrons. The number of carbonyl (C=O) groups is 1. The van der Waals surface area contributed by atoms with Crippen molar-refractivity contribution in [2.24, 2.45) is 0 Å². The molecule has 1 aliphatic heterocycles. The fraction of sp³-hybridized carbons (Fsp3) is 0.417. The standard InChI is InChI=1S/C12H14O4/c13-5-1-2-9-3-4-10(8-14)12-11(9)15-6-7-16-12/h3-4,8,13H,1-2,5-7H2. The summed E-state index contributed by atoms with van der Waals surface area (Å²) < 4.78 is 11.0. The van der Waals surface area contributed by atoms with Crippen molar-refractivity contribution in [3.8, 4) is 11.5 Å². The van der Waals surface area contributed by atoms with Crippen molar-refractivity contribution < 1.29 is 19.4 Å². The lowest BCUT2D eigenvalue weighted by atomic mass is 10.0. The summed E-state index contributed by atoms with van der Waals surface area (Å²) in [6.45, 7) is 1.11. The number of ether oxygens (including phenoxy) is 2. The van der Waals surface area contributed by atoms with Gasteiger partial charge in [-0.1, -0.05) is 6.07 Å². The number of aldehydes is 1. The normalized spacial score (nSPS) is 13.6. The van der Waals surface area contributed by atoms with E-state index in [9.17, 15) is 4.79 Å². The van der Waals surface area contributed by atoms with E-state index < -0.39 is 0 Å². The average Bonchev–Trinajstić information content (AvgIpc) is 2.36. The largest absolute Gasteiger partial charge is 0.486 e. The van der Waals surface area contributed by atoms with Crippen LogP contribution in [0.25, 0.3) is 0 Å². The van der Waals surface area contributed by atoms with E-state index in [1.165, 1.54) is 0 Å². The highest BCUT2D eigenvalue weighted by molar-refractivity contribution is 5.82. The van der Waals surface area contributed by atoms with Crippen LogP contribution in [0.3, 0.4) is 0 Å². The third-order valence-corrected chi connectivity index (χ3v) is 2.53. The van der Waals surface area contributed by atoms with Gasteiger partial charge in [-0.05, 0) is 24.5 Å². The van der Waals surface area contributed by atoms with Crippen molar-refractivity contribution in [3.63, 3.8) is 0 Å². The van der Waals surface area contributed by atoms with Crippen LogP contribution in [0.5, 0.6) is 11.5 Å². The minimum absolute atomic E-state index is 0.144. The molecule has 1 aromatic rings. The highest BCUT2D eigenvalue weighted by Gasteiger charge is 2.19. The summed E-state index contributed by atoms with van der Waals surface area (Å²) in [5.74, 6) is 1.20. The lowest BCUT2D eigenvalue weighted by molar-refractivity contribution is 0.111. The minimum Gasteiger partial charge on any atom is -0.486 e. The molecular weight excluding hydrogens is 208 g/mol. The maximum absolute atomic E-state index is 10.8. The van der Waals surface area contributed by atoms with Crippen LogP contribution < -0.4 is 9.47 Å². The van der Waals surface area contributed by atoms with Crippen LogP contribution in [0, 0.1) is 0 Å². The molecule has 2 rings (SSSR count). The molecule has 0 amide bonds. The monoisotopic (exact) mass is 222 g/mol. The van der Waals surface area contributed by atoms with E-state index in [4.69, 9.17) is 14.6 Å².